The van der Waals surface area contributed by atoms with Gasteiger partial charge in [-0.3, -0.25) is 9.59 Å². The molecule has 1 N–H and O–H groups in total. The van der Waals surface area contributed by atoms with Crippen LogP contribution >= 0.6 is 0 Å². The van der Waals surface area contributed by atoms with E-state index in [1.165, 1.54) is 0 Å². The minimum atomic E-state index is -0.877. The Morgan fingerprint density at radius 3 is 2.26 bits per heavy atom. The highest BCUT2D eigenvalue weighted by atomic mass is 16.4. The zero-order valence-corrected chi connectivity index (χ0v) is 10.6. The van der Waals surface area contributed by atoms with Crippen molar-refractivity contribution in [2.75, 3.05) is 0 Å². The summed E-state index contributed by atoms with van der Waals surface area (Å²) in [6, 6.07) is 14.1. The fraction of sp³-hybridized carbons (Fsp3) is 0.125. The van der Waals surface area contributed by atoms with Crippen molar-refractivity contribution in [2.24, 2.45) is 0 Å². The monoisotopic (exact) mass is 254 g/mol. The van der Waals surface area contributed by atoms with E-state index in [1.54, 1.807) is 30.3 Å². The van der Waals surface area contributed by atoms with Crippen LogP contribution in [0, 0.1) is 6.92 Å². The van der Waals surface area contributed by atoms with Crippen LogP contribution < -0.4 is 0 Å². The fourth-order valence-electron chi connectivity index (χ4n) is 1.90. The van der Waals surface area contributed by atoms with Crippen molar-refractivity contribution in [3.05, 3.63) is 70.8 Å². The number of hydrogen-bond donors (Lipinski definition) is 1. The van der Waals surface area contributed by atoms with Gasteiger partial charge >= 0.3 is 5.97 Å². The molecule has 0 radical (unpaired) electrons. The lowest BCUT2D eigenvalue weighted by Gasteiger charge is -2.03. The van der Waals surface area contributed by atoms with Gasteiger partial charge in [0.25, 0.3) is 0 Å². The Labute approximate surface area is 111 Å². The summed E-state index contributed by atoms with van der Waals surface area (Å²) in [4.78, 5) is 22.8. The predicted molar refractivity (Wildman–Crippen MR) is 72.4 cm³/mol. The maximum atomic E-state index is 12.2. The summed E-state index contributed by atoms with van der Waals surface area (Å²) in [6.07, 6.45) is -0.0289. The molecule has 96 valence electrons. The van der Waals surface area contributed by atoms with E-state index >= 15 is 0 Å². The average Bonchev–Trinajstić information content (AvgIpc) is 2.38. The van der Waals surface area contributed by atoms with Gasteiger partial charge in [-0.1, -0.05) is 48.0 Å². The molecule has 0 aliphatic heterocycles. The predicted octanol–water partition coefficient (Wildman–Crippen LogP) is 2.85. The third-order valence-corrected chi connectivity index (χ3v) is 2.85. The van der Waals surface area contributed by atoms with Crippen molar-refractivity contribution >= 4 is 11.8 Å². The molecule has 0 bridgehead atoms. The van der Waals surface area contributed by atoms with Crippen LogP contribution in [0.1, 0.15) is 27.0 Å². The normalized spacial score (nSPS) is 10.2. The van der Waals surface area contributed by atoms with Crippen LogP contribution in [0.3, 0.4) is 0 Å². The molecule has 0 amide bonds. The van der Waals surface area contributed by atoms with Crippen molar-refractivity contribution < 1.29 is 14.7 Å². The van der Waals surface area contributed by atoms with Gasteiger partial charge in [0.05, 0.1) is 6.42 Å². The number of aryl methyl sites for hydroxylation is 1. The highest BCUT2D eigenvalue weighted by Crippen LogP contribution is 2.13. The molecule has 0 aliphatic rings. The van der Waals surface area contributed by atoms with Gasteiger partial charge in [-0.2, -0.15) is 0 Å². The molecule has 0 aliphatic carbocycles. The average molecular weight is 254 g/mol. The number of rotatable bonds is 4. The number of hydrogen-bond acceptors (Lipinski definition) is 2. The van der Waals surface area contributed by atoms with Crippen LogP contribution in [0.2, 0.25) is 0 Å². The van der Waals surface area contributed by atoms with Crippen LogP contribution in [-0.2, 0) is 11.2 Å². The Morgan fingerprint density at radius 1 is 1.00 bits per heavy atom. The van der Waals surface area contributed by atoms with Gasteiger partial charge in [0.1, 0.15) is 0 Å². The molecule has 0 atom stereocenters. The van der Waals surface area contributed by atoms with Crippen molar-refractivity contribution in [3.8, 4) is 0 Å². The second-order valence-corrected chi connectivity index (χ2v) is 4.47. The van der Waals surface area contributed by atoms with Crippen molar-refractivity contribution in [1.82, 2.24) is 0 Å². The highest BCUT2D eigenvalue weighted by molar-refractivity contribution is 6.09. The standard InChI is InChI=1S/C16H14O3/c1-11-3-2-4-14(9-11)16(19)13-7-5-12(6-8-13)10-15(17)18/h2-9H,10H2,1H3,(H,17,18). The first-order valence-electron chi connectivity index (χ1n) is 5.98. The zero-order valence-electron chi connectivity index (χ0n) is 10.6. The molecule has 0 saturated heterocycles. The van der Waals surface area contributed by atoms with Gasteiger partial charge in [0, 0.05) is 11.1 Å². The Balaban J connectivity index is 2.22. The second-order valence-electron chi connectivity index (χ2n) is 4.47. The van der Waals surface area contributed by atoms with Crippen LogP contribution in [0.4, 0.5) is 0 Å². The lowest BCUT2D eigenvalue weighted by atomic mass is 10.00. The van der Waals surface area contributed by atoms with E-state index in [1.807, 2.05) is 25.1 Å². The minimum absolute atomic E-state index is 0.0289. The summed E-state index contributed by atoms with van der Waals surface area (Å²) in [5.41, 5.74) is 2.94. The van der Waals surface area contributed by atoms with E-state index in [-0.39, 0.29) is 12.2 Å². The number of benzene rings is 2. The summed E-state index contributed by atoms with van der Waals surface area (Å²) in [5, 5.41) is 8.69. The van der Waals surface area contributed by atoms with Crippen LogP contribution in [-0.4, -0.2) is 16.9 Å². The topological polar surface area (TPSA) is 54.4 Å². The third-order valence-electron chi connectivity index (χ3n) is 2.85. The molecular formula is C16H14O3. The number of carboxylic acid groups (broad SMARTS) is 1. The molecule has 0 spiro atoms. The van der Waals surface area contributed by atoms with Gasteiger partial charge in [0.15, 0.2) is 5.78 Å². The van der Waals surface area contributed by atoms with Crippen LogP contribution in [0.25, 0.3) is 0 Å². The molecular weight excluding hydrogens is 240 g/mol. The summed E-state index contributed by atoms with van der Waals surface area (Å²) in [7, 11) is 0. The second kappa shape index (κ2) is 5.48. The summed E-state index contributed by atoms with van der Waals surface area (Å²) in [5.74, 6) is -0.927. The molecule has 0 unspecified atom stereocenters. The number of carboxylic acids is 1. The molecule has 2 aromatic rings. The van der Waals surface area contributed by atoms with Gasteiger partial charge in [-0.05, 0) is 18.6 Å². The van der Waals surface area contributed by atoms with E-state index in [0.717, 1.165) is 5.56 Å². The molecule has 3 heteroatoms. The summed E-state index contributed by atoms with van der Waals surface area (Å²) < 4.78 is 0. The van der Waals surface area contributed by atoms with Gasteiger partial charge in [-0.15, -0.1) is 0 Å². The van der Waals surface area contributed by atoms with E-state index in [4.69, 9.17) is 5.11 Å². The van der Waals surface area contributed by atoms with Crippen LogP contribution in [0.5, 0.6) is 0 Å². The van der Waals surface area contributed by atoms with Crippen molar-refractivity contribution in [1.29, 1.82) is 0 Å². The third kappa shape index (κ3) is 3.28. The van der Waals surface area contributed by atoms with Crippen LogP contribution in [0.15, 0.2) is 48.5 Å². The summed E-state index contributed by atoms with van der Waals surface area (Å²) >= 11 is 0. The van der Waals surface area contributed by atoms with E-state index in [0.29, 0.717) is 16.7 Å². The fourth-order valence-corrected chi connectivity index (χ4v) is 1.90. The highest BCUT2D eigenvalue weighted by Gasteiger charge is 2.09. The first kappa shape index (κ1) is 13.0. The lowest BCUT2D eigenvalue weighted by Crippen LogP contribution is -2.03. The molecule has 2 aromatic carbocycles. The first-order chi connectivity index (χ1) is 9.06. The Hall–Kier alpha value is -2.42. The Bertz CT molecular complexity index is 612. The molecule has 2 rings (SSSR count). The SMILES string of the molecule is Cc1cccc(C(=O)c2ccc(CC(=O)O)cc2)c1. The zero-order chi connectivity index (χ0) is 13.8. The van der Waals surface area contributed by atoms with Crippen molar-refractivity contribution in [2.45, 2.75) is 13.3 Å². The maximum absolute atomic E-state index is 12.2. The number of carbonyl (C=O) groups is 2. The first-order valence-corrected chi connectivity index (χ1v) is 5.98. The van der Waals surface area contributed by atoms with E-state index < -0.39 is 5.97 Å². The molecule has 0 heterocycles. The quantitative estimate of drug-likeness (QED) is 0.853. The molecule has 3 nitrogen and oxygen atoms in total. The van der Waals surface area contributed by atoms with Crippen molar-refractivity contribution in [3.63, 3.8) is 0 Å². The van der Waals surface area contributed by atoms with E-state index in [2.05, 4.69) is 0 Å². The van der Waals surface area contributed by atoms with Gasteiger partial charge in [-0.25, -0.2) is 0 Å². The molecule has 0 aromatic heterocycles. The maximum Gasteiger partial charge on any atom is 0.307 e. The Kier molecular flexibility index (Phi) is 3.76. The lowest BCUT2D eigenvalue weighted by molar-refractivity contribution is -0.136. The largest absolute Gasteiger partial charge is 0.481 e. The number of carbonyl (C=O) groups excluding carboxylic acids is 1. The minimum Gasteiger partial charge on any atom is -0.481 e. The number of ketones is 1. The van der Waals surface area contributed by atoms with Gasteiger partial charge in [0.2, 0.25) is 0 Å². The number of aliphatic carboxylic acids is 1. The smallest absolute Gasteiger partial charge is 0.307 e. The van der Waals surface area contributed by atoms with Gasteiger partial charge < -0.3 is 5.11 Å². The molecule has 0 fully saturated rings. The summed E-state index contributed by atoms with van der Waals surface area (Å²) in [6.45, 7) is 1.94. The Morgan fingerprint density at radius 2 is 1.68 bits per heavy atom. The molecule has 0 saturated carbocycles. The van der Waals surface area contributed by atoms with E-state index in [9.17, 15) is 9.59 Å². The molecule has 19 heavy (non-hydrogen) atoms.